The van der Waals surface area contributed by atoms with Crippen LogP contribution in [-0.2, 0) is 22.2 Å². The van der Waals surface area contributed by atoms with Gasteiger partial charge in [0, 0.05) is 69.9 Å². The molecule has 12 nitrogen and oxygen atoms in total. The molecule has 0 saturated heterocycles. The number of rotatable bonds is 9. The Morgan fingerprint density at radius 1 is 0.837 bits per heavy atom. The third kappa shape index (κ3) is 5.24. The summed E-state index contributed by atoms with van der Waals surface area (Å²) >= 11 is 0. The molecule has 49 heavy (non-hydrogen) atoms. The van der Waals surface area contributed by atoms with Crippen molar-refractivity contribution in [1.29, 1.82) is 0 Å². The molecule has 6 rings (SSSR count). The van der Waals surface area contributed by atoms with Crippen molar-refractivity contribution < 1.29 is 33.8 Å². The van der Waals surface area contributed by atoms with Gasteiger partial charge in [0.05, 0.1) is 35.5 Å². The second-order valence-corrected chi connectivity index (χ2v) is 13.3. The molecule has 0 aromatic heterocycles. The molecular weight excluding hydrogens is 628 g/mol. The number of fused-ring (bicyclic) bond motifs is 2. The van der Waals surface area contributed by atoms with Crippen molar-refractivity contribution >= 4 is 34.2 Å². The number of methoxy groups -OCH3 is 2. The molecule has 252 valence electrons. The summed E-state index contributed by atoms with van der Waals surface area (Å²) in [7, 11) is 3.16. The standard InChI is InChI=1S/C37H36N4O8/c1-8-38-30-11-9-24(48-6)16-28(30)36(2,3)32(38)18-26-34(42)27(35(26)43)19-33-37(4,5)29-17-25(49-7)10-12-31(29)39(33)20-21-13-22(40(44)45)15-23(14-21)41(46)47/h9-19H,8,20H2,1-7H3. The van der Waals surface area contributed by atoms with Gasteiger partial charge in [-0.1, -0.05) is 19.6 Å². The van der Waals surface area contributed by atoms with Crippen molar-refractivity contribution in [3.63, 3.8) is 0 Å². The number of ketones is 1. The van der Waals surface area contributed by atoms with E-state index in [2.05, 4.69) is 18.7 Å². The van der Waals surface area contributed by atoms with E-state index in [4.69, 9.17) is 9.47 Å². The highest BCUT2D eigenvalue weighted by molar-refractivity contribution is 6.24. The van der Waals surface area contributed by atoms with Crippen molar-refractivity contribution in [3.05, 3.63) is 126 Å². The van der Waals surface area contributed by atoms with Gasteiger partial charge in [-0.3, -0.25) is 25.0 Å². The molecule has 2 heterocycles. The fraction of sp³-hybridized carbons (Fsp3) is 0.297. The van der Waals surface area contributed by atoms with E-state index >= 15 is 0 Å². The van der Waals surface area contributed by atoms with Gasteiger partial charge in [0.2, 0.25) is 5.69 Å². The van der Waals surface area contributed by atoms with Crippen molar-refractivity contribution in [2.75, 3.05) is 25.7 Å². The fourth-order valence-electron chi connectivity index (χ4n) is 7.10. The van der Waals surface area contributed by atoms with Crippen LogP contribution in [0.3, 0.4) is 0 Å². The SMILES string of the molecule is CCN1C(=CC2=C([O-])C(=CC3=[N+](Cc4cc([N+](=O)[O-])cc([N+](=O)[O-])c4)c4ccc(OC)cc4C3(C)C)C2=O)C(C)(C)c2cc(OC)ccc21. The number of non-ortho nitro benzene ring substituents is 2. The number of anilines is 1. The van der Waals surface area contributed by atoms with Crippen LogP contribution in [0.5, 0.6) is 11.5 Å². The summed E-state index contributed by atoms with van der Waals surface area (Å²) in [6, 6.07) is 14.8. The lowest BCUT2D eigenvalue weighted by Crippen LogP contribution is -2.35. The molecule has 2 aliphatic heterocycles. The molecule has 0 saturated carbocycles. The minimum absolute atomic E-state index is 0.00870. The van der Waals surface area contributed by atoms with Crippen LogP contribution >= 0.6 is 0 Å². The first-order valence-corrected chi connectivity index (χ1v) is 15.8. The number of benzene rings is 3. The predicted octanol–water partition coefficient (Wildman–Crippen LogP) is 5.92. The van der Waals surface area contributed by atoms with Crippen molar-refractivity contribution in [1.82, 2.24) is 0 Å². The lowest BCUT2D eigenvalue weighted by Gasteiger charge is -2.32. The molecule has 0 spiro atoms. The summed E-state index contributed by atoms with van der Waals surface area (Å²) in [4.78, 5) is 37.8. The number of Topliss-reactive ketones (excluding diaryl/α,β-unsaturated/α-hetero) is 1. The lowest BCUT2D eigenvalue weighted by atomic mass is 9.77. The minimum atomic E-state index is -0.745. The zero-order valence-corrected chi connectivity index (χ0v) is 28.3. The highest BCUT2D eigenvalue weighted by Gasteiger charge is 2.47. The van der Waals surface area contributed by atoms with Crippen molar-refractivity contribution in [2.24, 2.45) is 0 Å². The van der Waals surface area contributed by atoms with E-state index in [9.17, 15) is 30.1 Å². The van der Waals surface area contributed by atoms with Crippen LogP contribution in [0, 0.1) is 20.2 Å². The van der Waals surface area contributed by atoms with Gasteiger partial charge in [0.25, 0.3) is 11.4 Å². The van der Waals surface area contributed by atoms with E-state index < -0.39 is 32.1 Å². The maximum absolute atomic E-state index is 13.8. The molecule has 1 aliphatic carbocycles. The molecule has 0 atom stereocenters. The van der Waals surface area contributed by atoms with E-state index in [0.717, 1.165) is 40.0 Å². The highest BCUT2D eigenvalue weighted by atomic mass is 16.6. The summed E-state index contributed by atoms with van der Waals surface area (Å²) in [5.74, 6) is 0.543. The van der Waals surface area contributed by atoms with Gasteiger partial charge in [0.15, 0.2) is 18.0 Å². The number of carbonyl (C=O) groups is 1. The first-order valence-electron chi connectivity index (χ1n) is 15.8. The lowest BCUT2D eigenvalue weighted by molar-refractivity contribution is -0.455. The summed E-state index contributed by atoms with van der Waals surface area (Å²) in [6.45, 7) is 10.6. The van der Waals surface area contributed by atoms with E-state index in [1.807, 2.05) is 55.7 Å². The Morgan fingerprint density at radius 2 is 1.43 bits per heavy atom. The first-order chi connectivity index (χ1) is 23.1. The van der Waals surface area contributed by atoms with E-state index in [1.54, 1.807) is 32.4 Å². The van der Waals surface area contributed by atoms with Gasteiger partial charge in [-0.2, -0.15) is 4.58 Å². The third-order valence-electron chi connectivity index (χ3n) is 9.78. The summed E-state index contributed by atoms with van der Waals surface area (Å²) in [6.07, 6.45) is 3.28. The molecule has 0 bridgehead atoms. The Labute approximate surface area is 283 Å². The average Bonchev–Trinajstić information content (AvgIpc) is 3.42. The van der Waals surface area contributed by atoms with Crippen LogP contribution in [0.4, 0.5) is 22.7 Å². The van der Waals surface area contributed by atoms with Crippen LogP contribution in [0.2, 0.25) is 0 Å². The monoisotopic (exact) mass is 664 g/mol. The average molecular weight is 665 g/mol. The Hall–Kier alpha value is -5.78. The number of likely N-dealkylation sites (N-methyl/N-ethyl adjacent to an activating group) is 1. The normalized spacial score (nSPS) is 18.9. The summed E-state index contributed by atoms with van der Waals surface area (Å²) < 4.78 is 12.8. The highest BCUT2D eigenvalue weighted by Crippen LogP contribution is 2.50. The number of hydrogen-bond acceptors (Lipinski definition) is 9. The van der Waals surface area contributed by atoms with Gasteiger partial charge < -0.3 is 19.5 Å². The molecule has 12 heteroatoms. The minimum Gasteiger partial charge on any atom is -0.871 e. The third-order valence-corrected chi connectivity index (χ3v) is 9.78. The van der Waals surface area contributed by atoms with Crippen molar-refractivity contribution in [2.45, 2.75) is 52.0 Å². The second kappa shape index (κ2) is 11.7. The second-order valence-electron chi connectivity index (χ2n) is 13.3. The number of hydrogen-bond donors (Lipinski definition) is 0. The largest absolute Gasteiger partial charge is 0.871 e. The number of allylic oxidation sites excluding steroid dienone is 5. The molecule has 0 unspecified atom stereocenters. The molecule has 0 radical (unpaired) electrons. The number of nitrogens with zero attached hydrogens (tertiary/aromatic N) is 4. The number of nitro benzene ring substituents is 2. The molecular formula is C37H36N4O8. The Morgan fingerprint density at radius 3 is 1.98 bits per heavy atom. The fourth-order valence-corrected chi connectivity index (χ4v) is 7.10. The summed E-state index contributed by atoms with van der Waals surface area (Å²) in [5.41, 5.74) is 3.34. The van der Waals surface area contributed by atoms with Crippen molar-refractivity contribution in [3.8, 4) is 11.5 Å². The molecule has 0 N–H and O–H groups in total. The van der Waals surface area contributed by atoms with Gasteiger partial charge in [-0.15, -0.1) is 0 Å². The van der Waals surface area contributed by atoms with E-state index in [0.29, 0.717) is 23.6 Å². The maximum Gasteiger partial charge on any atom is 0.276 e. The van der Waals surface area contributed by atoms with Gasteiger partial charge >= 0.3 is 0 Å². The van der Waals surface area contributed by atoms with Crippen LogP contribution in [0.1, 0.15) is 51.3 Å². The van der Waals surface area contributed by atoms with Crippen LogP contribution in [-0.4, -0.2) is 46.7 Å². The van der Waals surface area contributed by atoms with Gasteiger partial charge in [-0.05, 0) is 62.7 Å². The van der Waals surface area contributed by atoms with E-state index in [1.165, 1.54) is 12.1 Å². The maximum atomic E-state index is 13.8. The molecule has 0 amide bonds. The van der Waals surface area contributed by atoms with E-state index in [-0.39, 0.29) is 29.2 Å². The zero-order chi connectivity index (χ0) is 35.6. The number of nitro groups is 2. The van der Waals surface area contributed by atoms with Gasteiger partial charge in [0.1, 0.15) is 11.5 Å². The molecule has 0 fully saturated rings. The Kier molecular flexibility index (Phi) is 7.93. The number of carbonyl (C=O) groups excluding carboxylic acids is 1. The molecule has 3 aliphatic rings. The summed E-state index contributed by atoms with van der Waals surface area (Å²) in [5, 5.41) is 37.1. The Bertz CT molecular complexity index is 2070. The van der Waals surface area contributed by atoms with Crippen LogP contribution < -0.4 is 19.5 Å². The topological polar surface area (TPSA) is 151 Å². The first kappa shape index (κ1) is 33.1. The quantitative estimate of drug-likeness (QED) is 0.117. The number of ether oxygens (including phenoxy) is 2. The Balaban J connectivity index is 1.47. The molecule has 3 aromatic rings. The predicted molar refractivity (Wildman–Crippen MR) is 182 cm³/mol. The smallest absolute Gasteiger partial charge is 0.276 e. The van der Waals surface area contributed by atoms with Crippen LogP contribution in [0.25, 0.3) is 0 Å². The van der Waals surface area contributed by atoms with Crippen LogP contribution in [0.15, 0.2) is 89.4 Å². The molecule has 3 aromatic carbocycles. The van der Waals surface area contributed by atoms with Gasteiger partial charge in [-0.25, -0.2) is 0 Å². The zero-order valence-electron chi connectivity index (χ0n) is 28.3.